The highest BCUT2D eigenvalue weighted by Gasteiger charge is 2.14. The van der Waals surface area contributed by atoms with Crippen LogP contribution in [0.4, 0.5) is 5.82 Å². The van der Waals surface area contributed by atoms with Gasteiger partial charge in [-0.15, -0.1) is 0 Å². The zero-order chi connectivity index (χ0) is 16.2. The summed E-state index contributed by atoms with van der Waals surface area (Å²) in [7, 11) is 0. The fraction of sp³-hybridized carbons (Fsp3) is 0.294. The normalized spacial score (nSPS) is 15.2. The molecule has 1 aliphatic rings. The van der Waals surface area contributed by atoms with Gasteiger partial charge in [0.25, 0.3) is 5.89 Å². The highest BCUT2D eigenvalue weighted by atomic mass is 16.5. The van der Waals surface area contributed by atoms with Crippen molar-refractivity contribution in [3.63, 3.8) is 0 Å². The number of anilines is 1. The van der Waals surface area contributed by atoms with E-state index in [1.54, 1.807) is 18.6 Å². The summed E-state index contributed by atoms with van der Waals surface area (Å²) in [4.78, 5) is 15.3. The lowest BCUT2D eigenvalue weighted by atomic mass is 10.2. The first kappa shape index (κ1) is 14.8. The molecular formula is C17H18N6O. The van der Waals surface area contributed by atoms with Gasteiger partial charge in [-0.1, -0.05) is 5.16 Å². The maximum atomic E-state index is 5.43. The summed E-state index contributed by atoms with van der Waals surface area (Å²) >= 11 is 0. The second kappa shape index (κ2) is 6.76. The molecule has 1 N–H and O–H groups in total. The van der Waals surface area contributed by atoms with Gasteiger partial charge in [0.1, 0.15) is 5.82 Å². The van der Waals surface area contributed by atoms with Crippen molar-refractivity contribution in [2.75, 3.05) is 31.1 Å². The molecule has 0 atom stereocenters. The number of hydrogen-bond acceptors (Lipinski definition) is 7. The van der Waals surface area contributed by atoms with Crippen molar-refractivity contribution in [2.45, 2.75) is 6.42 Å². The Kier molecular flexibility index (Phi) is 4.16. The number of pyridine rings is 2. The second-order valence-corrected chi connectivity index (χ2v) is 5.65. The van der Waals surface area contributed by atoms with Crippen molar-refractivity contribution in [3.8, 4) is 22.8 Å². The zero-order valence-electron chi connectivity index (χ0n) is 13.2. The minimum Gasteiger partial charge on any atom is -0.355 e. The predicted molar refractivity (Wildman–Crippen MR) is 90.5 cm³/mol. The molecule has 3 aromatic rings. The van der Waals surface area contributed by atoms with E-state index < -0.39 is 0 Å². The molecule has 0 spiro atoms. The number of rotatable bonds is 3. The number of nitrogens with one attached hydrogen (secondary N) is 1. The molecule has 4 heterocycles. The summed E-state index contributed by atoms with van der Waals surface area (Å²) in [5.41, 5.74) is 1.76. The van der Waals surface area contributed by atoms with Crippen LogP contribution in [0.1, 0.15) is 6.42 Å². The monoisotopic (exact) mass is 322 g/mol. The van der Waals surface area contributed by atoms with Crippen molar-refractivity contribution >= 4 is 5.82 Å². The minimum atomic E-state index is 0.499. The van der Waals surface area contributed by atoms with Crippen LogP contribution in [0.3, 0.4) is 0 Å². The smallest absolute Gasteiger partial charge is 0.258 e. The van der Waals surface area contributed by atoms with Crippen LogP contribution in [-0.2, 0) is 0 Å². The molecule has 0 aliphatic carbocycles. The summed E-state index contributed by atoms with van der Waals surface area (Å²) in [6, 6.07) is 7.62. The van der Waals surface area contributed by atoms with E-state index in [2.05, 4.69) is 30.3 Å². The van der Waals surface area contributed by atoms with Crippen LogP contribution in [0.15, 0.2) is 47.4 Å². The lowest BCUT2D eigenvalue weighted by Crippen LogP contribution is -2.28. The second-order valence-electron chi connectivity index (χ2n) is 5.65. The van der Waals surface area contributed by atoms with Crippen LogP contribution in [0.2, 0.25) is 0 Å². The van der Waals surface area contributed by atoms with Crippen LogP contribution in [0.5, 0.6) is 0 Å². The molecule has 4 rings (SSSR count). The van der Waals surface area contributed by atoms with Crippen LogP contribution in [0, 0.1) is 0 Å². The van der Waals surface area contributed by atoms with Crippen molar-refractivity contribution in [1.82, 2.24) is 25.4 Å². The van der Waals surface area contributed by atoms with E-state index in [-0.39, 0.29) is 0 Å². The molecule has 1 aliphatic heterocycles. The largest absolute Gasteiger partial charge is 0.355 e. The number of nitrogens with zero attached hydrogens (tertiary/aromatic N) is 5. The highest BCUT2D eigenvalue weighted by Crippen LogP contribution is 2.24. The quantitative estimate of drug-likeness (QED) is 0.790. The Morgan fingerprint density at radius 2 is 1.88 bits per heavy atom. The first-order valence-electron chi connectivity index (χ1n) is 8.06. The van der Waals surface area contributed by atoms with Gasteiger partial charge in [-0.2, -0.15) is 4.98 Å². The molecule has 0 radical (unpaired) electrons. The molecule has 7 nitrogen and oxygen atoms in total. The average Bonchev–Trinajstić information content (AvgIpc) is 2.98. The minimum absolute atomic E-state index is 0.499. The SMILES string of the molecule is c1cc(-c2noc(-c3ccnc(N4CCCNCC4)c3)n2)ccn1. The molecule has 24 heavy (non-hydrogen) atoms. The van der Waals surface area contributed by atoms with E-state index >= 15 is 0 Å². The van der Waals surface area contributed by atoms with Gasteiger partial charge in [0, 0.05) is 49.4 Å². The molecule has 7 heteroatoms. The van der Waals surface area contributed by atoms with E-state index in [0.717, 1.165) is 49.5 Å². The van der Waals surface area contributed by atoms with Crippen LogP contribution in [0.25, 0.3) is 22.8 Å². The molecule has 0 saturated carbocycles. The lowest BCUT2D eigenvalue weighted by Gasteiger charge is -2.21. The summed E-state index contributed by atoms with van der Waals surface area (Å²) in [5.74, 6) is 2.00. The first-order chi connectivity index (χ1) is 11.9. The summed E-state index contributed by atoms with van der Waals surface area (Å²) < 4.78 is 5.43. The maximum Gasteiger partial charge on any atom is 0.258 e. The molecule has 1 saturated heterocycles. The summed E-state index contributed by atoms with van der Waals surface area (Å²) in [6.07, 6.45) is 6.32. The Balaban J connectivity index is 1.60. The van der Waals surface area contributed by atoms with Gasteiger partial charge in [0.15, 0.2) is 0 Å². The summed E-state index contributed by atoms with van der Waals surface area (Å²) in [6.45, 7) is 3.96. The average molecular weight is 322 g/mol. The Hall–Kier alpha value is -2.80. The molecule has 0 bridgehead atoms. The third kappa shape index (κ3) is 3.11. The molecule has 1 fully saturated rings. The van der Waals surface area contributed by atoms with E-state index in [1.807, 2.05) is 24.3 Å². The standard InChI is InChI=1S/C17H18N6O/c1-5-18-9-11-23(10-1)15-12-14(4-8-20-15)17-21-16(22-24-17)13-2-6-19-7-3-13/h2-4,6-8,12,18H,1,5,9-11H2. The van der Waals surface area contributed by atoms with E-state index in [4.69, 9.17) is 4.52 Å². The van der Waals surface area contributed by atoms with E-state index in [1.165, 1.54) is 0 Å². The van der Waals surface area contributed by atoms with Gasteiger partial charge >= 0.3 is 0 Å². The van der Waals surface area contributed by atoms with Gasteiger partial charge in [-0.25, -0.2) is 4.98 Å². The van der Waals surface area contributed by atoms with Gasteiger partial charge in [-0.3, -0.25) is 4.98 Å². The Bertz CT molecular complexity index is 796. The fourth-order valence-electron chi connectivity index (χ4n) is 2.76. The van der Waals surface area contributed by atoms with Gasteiger partial charge in [0.2, 0.25) is 5.82 Å². The number of aromatic nitrogens is 4. The molecule has 0 unspecified atom stereocenters. The summed E-state index contributed by atoms with van der Waals surface area (Å²) in [5, 5.41) is 7.46. The van der Waals surface area contributed by atoms with Gasteiger partial charge in [-0.05, 0) is 37.2 Å². The zero-order valence-corrected chi connectivity index (χ0v) is 13.2. The van der Waals surface area contributed by atoms with Gasteiger partial charge < -0.3 is 14.7 Å². The maximum absolute atomic E-state index is 5.43. The molecule has 122 valence electrons. The molecule has 0 aromatic carbocycles. The van der Waals surface area contributed by atoms with E-state index in [9.17, 15) is 0 Å². The third-order valence-electron chi connectivity index (χ3n) is 4.02. The Morgan fingerprint density at radius 1 is 1.00 bits per heavy atom. The van der Waals surface area contributed by atoms with Crippen molar-refractivity contribution in [3.05, 3.63) is 42.9 Å². The van der Waals surface area contributed by atoms with E-state index in [0.29, 0.717) is 11.7 Å². The van der Waals surface area contributed by atoms with Crippen molar-refractivity contribution < 1.29 is 4.52 Å². The van der Waals surface area contributed by atoms with Gasteiger partial charge in [0.05, 0.1) is 0 Å². The number of hydrogen-bond donors (Lipinski definition) is 1. The fourth-order valence-corrected chi connectivity index (χ4v) is 2.76. The van der Waals surface area contributed by atoms with Crippen LogP contribution in [-0.4, -0.2) is 46.3 Å². The molecular weight excluding hydrogens is 304 g/mol. The topological polar surface area (TPSA) is 80.0 Å². The Morgan fingerprint density at radius 3 is 2.79 bits per heavy atom. The first-order valence-corrected chi connectivity index (χ1v) is 8.06. The lowest BCUT2D eigenvalue weighted by molar-refractivity contribution is 0.432. The van der Waals surface area contributed by atoms with Crippen molar-refractivity contribution in [1.29, 1.82) is 0 Å². The Labute approximate surface area is 139 Å². The van der Waals surface area contributed by atoms with Crippen LogP contribution < -0.4 is 10.2 Å². The van der Waals surface area contributed by atoms with Crippen molar-refractivity contribution in [2.24, 2.45) is 0 Å². The third-order valence-corrected chi connectivity index (χ3v) is 4.02. The molecule has 3 aromatic heterocycles. The molecule has 0 amide bonds. The highest BCUT2D eigenvalue weighted by molar-refractivity contribution is 5.62. The van der Waals surface area contributed by atoms with Crippen LogP contribution >= 0.6 is 0 Å². The predicted octanol–water partition coefficient (Wildman–Crippen LogP) is 1.99.